The third kappa shape index (κ3) is 6.37. The fourth-order valence-corrected chi connectivity index (χ4v) is 4.12. The molecule has 1 saturated heterocycles. The summed E-state index contributed by atoms with van der Waals surface area (Å²) >= 11 is 6.23. The van der Waals surface area contributed by atoms with Crippen molar-refractivity contribution < 1.29 is 14.3 Å². The van der Waals surface area contributed by atoms with Crippen LogP contribution in [0.25, 0.3) is 0 Å². The van der Waals surface area contributed by atoms with Gasteiger partial charge in [-0.2, -0.15) is 0 Å². The first-order valence-electron chi connectivity index (χ1n) is 11.8. The van der Waals surface area contributed by atoms with Gasteiger partial charge in [-0.15, -0.1) is 0 Å². The number of carbonyl (C=O) groups is 2. The first-order valence-corrected chi connectivity index (χ1v) is 12.1. The maximum atomic E-state index is 12.7. The van der Waals surface area contributed by atoms with E-state index in [-0.39, 0.29) is 12.1 Å². The van der Waals surface area contributed by atoms with E-state index in [1.165, 1.54) is 0 Å². The summed E-state index contributed by atoms with van der Waals surface area (Å²) in [5.41, 5.74) is 2.80. The maximum Gasteiger partial charge on any atom is 0.323 e. The van der Waals surface area contributed by atoms with E-state index in [9.17, 15) is 9.59 Å². The number of nitrogens with one attached hydrogen (secondary N) is 3. The SMILES string of the molecule is CCOc1ccccc1NC(=O)Nc1ccc(N2CCN(C(=O)Nc3ccc(C)cc3Cl)CC2)nc1. The van der Waals surface area contributed by atoms with Crippen LogP contribution in [0.4, 0.5) is 32.5 Å². The van der Waals surface area contributed by atoms with Crippen molar-refractivity contribution in [3.8, 4) is 5.75 Å². The monoisotopic (exact) mass is 508 g/mol. The van der Waals surface area contributed by atoms with Crippen molar-refractivity contribution in [2.45, 2.75) is 13.8 Å². The van der Waals surface area contributed by atoms with Crippen molar-refractivity contribution >= 4 is 46.5 Å². The molecule has 0 spiro atoms. The maximum absolute atomic E-state index is 12.7. The average Bonchev–Trinajstić information content (AvgIpc) is 2.87. The molecule has 36 heavy (non-hydrogen) atoms. The summed E-state index contributed by atoms with van der Waals surface area (Å²) in [6, 6.07) is 15.9. The van der Waals surface area contributed by atoms with Gasteiger partial charge in [0, 0.05) is 26.2 Å². The van der Waals surface area contributed by atoms with Crippen LogP contribution >= 0.6 is 11.6 Å². The topological polar surface area (TPSA) is 98.8 Å². The number of aryl methyl sites for hydroxylation is 1. The molecule has 3 N–H and O–H groups in total. The van der Waals surface area contributed by atoms with Crippen LogP contribution in [-0.2, 0) is 0 Å². The lowest BCUT2D eigenvalue weighted by Crippen LogP contribution is -2.50. The number of rotatable bonds is 6. The number of piperazine rings is 1. The molecule has 0 radical (unpaired) electrons. The second-order valence-corrected chi connectivity index (χ2v) is 8.71. The number of pyridine rings is 1. The molecule has 1 fully saturated rings. The molecule has 1 aromatic heterocycles. The lowest BCUT2D eigenvalue weighted by molar-refractivity contribution is 0.208. The number of halogens is 1. The summed E-state index contributed by atoms with van der Waals surface area (Å²) in [4.78, 5) is 33.4. The summed E-state index contributed by atoms with van der Waals surface area (Å²) < 4.78 is 5.54. The molecule has 1 aliphatic heterocycles. The molecule has 4 rings (SSSR count). The van der Waals surface area contributed by atoms with E-state index in [2.05, 4.69) is 25.8 Å². The molecule has 0 unspecified atom stereocenters. The Morgan fingerprint density at radius 2 is 1.75 bits per heavy atom. The second kappa shape index (κ2) is 11.6. The highest BCUT2D eigenvalue weighted by Crippen LogP contribution is 2.25. The van der Waals surface area contributed by atoms with Gasteiger partial charge in [0.15, 0.2) is 0 Å². The minimum atomic E-state index is -0.384. The molecule has 2 heterocycles. The molecule has 188 valence electrons. The highest BCUT2D eigenvalue weighted by atomic mass is 35.5. The third-order valence-electron chi connectivity index (χ3n) is 5.70. The molecule has 3 aromatic rings. The Labute approximate surface area is 215 Å². The predicted molar refractivity (Wildman–Crippen MR) is 143 cm³/mol. The van der Waals surface area contributed by atoms with Crippen LogP contribution in [0, 0.1) is 6.92 Å². The van der Waals surface area contributed by atoms with Crippen molar-refractivity contribution in [1.29, 1.82) is 0 Å². The quantitative estimate of drug-likeness (QED) is 0.412. The van der Waals surface area contributed by atoms with Gasteiger partial charge in [0.25, 0.3) is 0 Å². The van der Waals surface area contributed by atoms with Crippen LogP contribution in [-0.4, -0.2) is 54.7 Å². The van der Waals surface area contributed by atoms with Crippen LogP contribution < -0.4 is 25.6 Å². The van der Waals surface area contributed by atoms with Crippen molar-refractivity contribution in [2.24, 2.45) is 0 Å². The minimum Gasteiger partial charge on any atom is -0.492 e. The summed E-state index contributed by atoms with van der Waals surface area (Å²) in [7, 11) is 0. The first kappa shape index (κ1) is 25.1. The van der Waals surface area contributed by atoms with Crippen LogP contribution in [0.1, 0.15) is 12.5 Å². The Morgan fingerprint density at radius 3 is 2.44 bits per heavy atom. The van der Waals surface area contributed by atoms with Crippen molar-refractivity contribution in [1.82, 2.24) is 9.88 Å². The zero-order chi connectivity index (χ0) is 25.5. The van der Waals surface area contributed by atoms with Crippen molar-refractivity contribution in [3.05, 3.63) is 71.4 Å². The van der Waals surface area contributed by atoms with E-state index in [0.717, 1.165) is 11.4 Å². The lowest BCUT2D eigenvalue weighted by atomic mass is 10.2. The number of hydrogen-bond acceptors (Lipinski definition) is 5. The van der Waals surface area contributed by atoms with Gasteiger partial charge in [0.2, 0.25) is 0 Å². The number of para-hydroxylation sites is 2. The number of amides is 4. The van der Waals surface area contributed by atoms with Gasteiger partial charge in [0.1, 0.15) is 11.6 Å². The number of benzene rings is 2. The summed E-state index contributed by atoms with van der Waals surface area (Å²) in [6.45, 7) is 6.74. The number of nitrogens with zero attached hydrogens (tertiary/aromatic N) is 3. The van der Waals surface area contributed by atoms with Gasteiger partial charge in [-0.05, 0) is 55.8 Å². The molecule has 0 atom stereocenters. The highest BCUT2D eigenvalue weighted by molar-refractivity contribution is 6.33. The van der Waals surface area contributed by atoms with Gasteiger partial charge in [-0.3, -0.25) is 0 Å². The Kier molecular flexibility index (Phi) is 8.12. The Bertz CT molecular complexity index is 1210. The van der Waals surface area contributed by atoms with E-state index in [1.807, 2.05) is 50.2 Å². The minimum absolute atomic E-state index is 0.176. The highest BCUT2D eigenvalue weighted by Gasteiger charge is 2.22. The largest absolute Gasteiger partial charge is 0.492 e. The zero-order valence-electron chi connectivity index (χ0n) is 20.3. The number of carbonyl (C=O) groups excluding carboxylic acids is 2. The number of anilines is 4. The van der Waals surface area contributed by atoms with Gasteiger partial charge in [-0.1, -0.05) is 29.8 Å². The second-order valence-electron chi connectivity index (χ2n) is 8.30. The van der Waals surface area contributed by atoms with Gasteiger partial charge < -0.3 is 30.5 Å². The number of urea groups is 2. The Hall–Kier alpha value is -3.98. The molecule has 4 amide bonds. The molecule has 10 heteroatoms. The van der Waals surface area contributed by atoms with E-state index >= 15 is 0 Å². The van der Waals surface area contributed by atoms with E-state index in [4.69, 9.17) is 16.3 Å². The molecule has 0 bridgehead atoms. The van der Waals surface area contributed by atoms with Gasteiger partial charge in [-0.25, -0.2) is 14.6 Å². The van der Waals surface area contributed by atoms with Crippen molar-refractivity contribution in [2.75, 3.05) is 53.6 Å². The molecular weight excluding hydrogens is 480 g/mol. The van der Waals surface area contributed by atoms with E-state index in [0.29, 0.717) is 60.6 Å². The summed E-state index contributed by atoms with van der Waals surface area (Å²) in [5, 5.41) is 8.98. The first-order chi connectivity index (χ1) is 17.4. The molecule has 0 saturated carbocycles. The summed E-state index contributed by atoms with van der Waals surface area (Å²) in [5.74, 6) is 1.39. The van der Waals surface area contributed by atoms with Crippen LogP contribution in [0.3, 0.4) is 0 Å². The Balaban J connectivity index is 1.27. The fourth-order valence-electron chi connectivity index (χ4n) is 3.84. The van der Waals surface area contributed by atoms with Crippen LogP contribution in [0.15, 0.2) is 60.8 Å². The standard InChI is InChI=1S/C26H29ClN6O3/c1-3-36-23-7-5-4-6-22(23)30-25(34)29-19-9-11-24(28-17-19)32-12-14-33(15-13-32)26(35)31-21-10-8-18(2)16-20(21)27/h4-11,16-17H,3,12-15H2,1-2H3,(H,31,35)(H2,29,30,34). The number of aromatic nitrogens is 1. The van der Waals surface area contributed by atoms with Crippen molar-refractivity contribution in [3.63, 3.8) is 0 Å². The van der Waals surface area contributed by atoms with Gasteiger partial charge >= 0.3 is 12.1 Å². The number of hydrogen-bond donors (Lipinski definition) is 3. The number of ether oxygens (including phenoxy) is 1. The van der Waals surface area contributed by atoms with Crippen LogP contribution in [0.5, 0.6) is 5.75 Å². The molecule has 0 aliphatic carbocycles. The Morgan fingerprint density at radius 1 is 0.972 bits per heavy atom. The smallest absolute Gasteiger partial charge is 0.323 e. The molecule has 2 aromatic carbocycles. The molecule has 1 aliphatic rings. The van der Waals surface area contributed by atoms with E-state index in [1.54, 1.807) is 29.3 Å². The third-order valence-corrected chi connectivity index (χ3v) is 6.01. The zero-order valence-corrected chi connectivity index (χ0v) is 21.0. The average molecular weight is 509 g/mol. The van der Waals surface area contributed by atoms with Crippen LogP contribution in [0.2, 0.25) is 5.02 Å². The fraction of sp³-hybridized carbons (Fsp3) is 0.269. The van der Waals surface area contributed by atoms with E-state index < -0.39 is 0 Å². The normalized spacial score (nSPS) is 13.2. The summed E-state index contributed by atoms with van der Waals surface area (Å²) in [6.07, 6.45) is 1.61. The molecular formula is C26H29ClN6O3. The molecule has 9 nitrogen and oxygen atoms in total. The lowest BCUT2D eigenvalue weighted by Gasteiger charge is -2.35. The predicted octanol–water partition coefficient (Wildman–Crippen LogP) is 5.44. The van der Waals surface area contributed by atoms with Gasteiger partial charge in [0.05, 0.1) is 34.9 Å².